The number of carbonyl (C=O) groups is 1. The fraction of sp³-hybridized carbons (Fsp3) is 0.533. The predicted molar refractivity (Wildman–Crippen MR) is 77.2 cm³/mol. The zero-order chi connectivity index (χ0) is 14.6. The molecule has 4 heteroatoms. The Balaban J connectivity index is 2.90. The van der Waals surface area contributed by atoms with E-state index in [1.54, 1.807) is 19.1 Å². The van der Waals surface area contributed by atoms with Gasteiger partial charge in [-0.15, -0.1) is 0 Å². The Kier molecular flexibility index (Phi) is 5.36. The molecule has 19 heavy (non-hydrogen) atoms. The highest BCUT2D eigenvalue weighted by Crippen LogP contribution is 2.25. The summed E-state index contributed by atoms with van der Waals surface area (Å²) in [6.45, 7) is 6.45. The first-order valence-electron chi connectivity index (χ1n) is 6.48. The van der Waals surface area contributed by atoms with Crippen LogP contribution in [0.1, 0.15) is 30.0 Å². The molecule has 1 aromatic rings. The van der Waals surface area contributed by atoms with E-state index in [9.17, 15) is 4.79 Å². The van der Waals surface area contributed by atoms with Crippen molar-refractivity contribution in [3.05, 3.63) is 28.8 Å². The van der Waals surface area contributed by atoms with Gasteiger partial charge in [0.15, 0.2) is 0 Å². The van der Waals surface area contributed by atoms with Gasteiger partial charge >= 0.3 is 0 Å². The molecule has 1 atom stereocenters. The van der Waals surface area contributed by atoms with Crippen molar-refractivity contribution >= 4 is 5.91 Å². The van der Waals surface area contributed by atoms with Crippen molar-refractivity contribution in [3.8, 4) is 5.75 Å². The molecular formula is C15H24N2O2. The maximum absolute atomic E-state index is 11.9. The van der Waals surface area contributed by atoms with Crippen LogP contribution in [-0.4, -0.2) is 31.0 Å². The number of hydrogen-bond donors (Lipinski definition) is 1. The number of ether oxygens (including phenoxy) is 1. The average molecular weight is 264 g/mol. The van der Waals surface area contributed by atoms with Gasteiger partial charge in [0.2, 0.25) is 5.91 Å². The van der Waals surface area contributed by atoms with Crippen LogP contribution in [0.25, 0.3) is 0 Å². The van der Waals surface area contributed by atoms with Crippen molar-refractivity contribution in [2.75, 3.05) is 14.2 Å². The van der Waals surface area contributed by atoms with Crippen LogP contribution >= 0.6 is 0 Å². The molecule has 0 spiro atoms. The molecule has 1 rings (SSSR count). The maximum Gasteiger partial charge on any atom is 0.224 e. The molecule has 1 amide bonds. The normalized spacial score (nSPS) is 12.1. The van der Waals surface area contributed by atoms with Crippen LogP contribution in [0.3, 0.4) is 0 Å². The summed E-state index contributed by atoms with van der Waals surface area (Å²) < 4.78 is 5.41. The summed E-state index contributed by atoms with van der Waals surface area (Å²) in [6.07, 6.45) is 0.365. The molecule has 0 radical (unpaired) electrons. The minimum atomic E-state index is -0.115. The molecule has 106 valence electrons. The van der Waals surface area contributed by atoms with Gasteiger partial charge in [0.25, 0.3) is 0 Å². The summed E-state index contributed by atoms with van der Waals surface area (Å²) in [5.41, 5.74) is 9.00. The van der Waals surface area contributed by atoms with E-state index in [0.717, 1.165) is 22.4 Å². The largest absolute Gasteiger partial charge is 0.496 e. The van der Waals surface area contributed by atoms with E-state index in [1.807, 2.05) is 26.8 Å². The van der Waals surface area contributed by atoms with Crippen LogP contribution < -0.4 is 10.5 Å². The van der Waals surface area contributed by atoms with Gasteiger partial charge in [0.05, 0.1) is 7.11 Å². The number of methoxy groups -OCH3 is 1. The molecule has 1 aromatic carbocycles. The molecule has 0 saturated carbocycles. The van der Waals surface area contributed by atoms with Crippen LogP contribution in [-0.2, 0) is 11.3 Å². The van der Waals surface area contributed by atoms with E-state index < -0.39 is 0 Å². The van der Waals surface area contributed by atoms with Crippen molar-refractivity contribution in [1.29, 1.82) is 0 Å². The number of nitrogens with two attached hydrogens (primary N) is 1. The molecular weight excluding hydrogens is 240 g/mol. The summed E-state index contributed by atoms with van der Waals surface area (Å²) in [6, 6.07) is 3.98. The molecule has 0 saturated heterocycles. The fourth-order valence-corrected chi connectivity index (χ4v) is 2.10. The number of benzene rings is 1. The Morgan fingerprint density at radius 2 is 2.05 bits per heavy atom. The predicted octanol–water partition coefficient (Wildman–Crippen LogP) is 2.01. The monoisotopic (exact) mass is 264 g/mol. The minimum Gasteiger partial charge on any atom is -0.496 e. The van der Waals surface area contributed by atoms with Crippen molar-refractivity contribution in [2.45, 2.75) is 39.8 Å². The van der Waals surface area contributed by atoms with E-state index in [0.29, 0.717) is 13.0 Å². The molecule has 0 aromatic heterocycles. The Morgan fingerprint density at radius 1 is 1.42 bits per heavy atom. The number of aryl methyl sites for hydroxylation is 2. The molecule has 0 aliphatic carbocycles. The lowest BCUT2D eigenvalue weighted by atomic mass is 10.0. The summed E-state index contributed by atoms with van der Waals surface area (Å²) in [5, 5.41) is 0. The Morgan fingerprint density at radius 3 is 2.58 bits per heavy atom. The first-order valence-corrected chi connectivity index (χ1v) is 6.48. The number of nitrogens with zero attached hydrogens (tertiary/aromatic N) is 1. The minimum absolute atomic E-state index is 0.0528. The number of amides is 1. The molecule has 0 bridgehead atoms. The van der Waals surface area contributed by atoms with Gasteiger partial charge in [-0.1, -0.05) is 6.07 Å². The zero-order valence-electron chi connectivity index (χ0n) is 12.5. The van der Waals surface area contributed by atoms with E-state index in [2.05, 4.69) is 6.07 Å². The third-order valence-corrected chi connectivity index (χ3v) is 3.11. The van der Waals surface area contributed by atoms with E-state index >= 15 is 0 Å². The second-order valence-corrected chi connectivity index (χ2v) is 5.19. The molecule has 0 heterocycles. The van der Waals surface area contributed by atoms with Crippen LogP contribution in [0, 0.1) is 13.8 Å². The lowest BCUT2D eigenvalue weighted by Gasteiger charge is -2.21. The SMILES string of the molecule is COc1cc(C)cc(C)c1CN(C)C(=O)CC(C)N. The van der Waals surface area contributed by atoms with Gasteiger partial charge in [-0.25, -0.2) is 0 Å². The van der Waals surface area contributed by atoms with Gasteiger partial charge in [-0.3, -0.25) is 4.79 Å². The fourth-order valence-electron chi connectivity index (χ4n) is 2.10. The first-order chi connectivity index (χ1) is 8.85. The standard InChI is InChI=1S/C15H24N2O2/c1-10-6-11(2)13(14(7-10)19-5)9-17(4)15(18)8-12(3)16/h6-7,12H,8-9,16H2,1-5H3. The van der Waals surface area contributed by atoms with Gasteiger partial charge < -0.3 is 15.4 Å². The number of carbonyl (C=O) groups excluding carboxylic acids is 1. The topological polar surface area (TPSA) is 55.6 Å². The van der Waals surface area contributed by atoms with Gasteiger partial charge in [-0.2, -0.15) is 0 Å². The highest BCUT2D eigenvalue weighted by atomic mass is 16.5. The summed E-state index contributed by atoms with van der Waals surface area (Å²) in [4.78, 5) is 13.6. The second-order valence-electron chi connectivity index (χ2n) is 5.19. The molecule has 0 fully saturated rings. The Labute approximate surface area is 115 Å². The smallest absolute Gasteiger partial charge is 0.224 e. The molecule has 0 aliphatic rings. The highest BCUT2D eigenvalue weighted by molar-refractivity contribution is 5.76. The molecule has 2 N–H and O–H groups in total. The summed E-state index contributed by atoms with van der Waals surface area (Å²) in [7, 11) is 3.45. The van der Waals surface area contributed by atoms with E-state index in [-0.39, 0.29) is 11.9 Å². The third-order valence-electron chi connectivity index (χ3n) is 3.11. The molecule has 1 unspecified atom stereocenters. The van der Waals surface area contributed by atoms with Gasteiger partial charge in [-0.05, 0) is 38.0 Å². The lowest BCUT2D eigenvalue weighted by molar-refractivity contribution is -0.130. The molecule has 0 aliphatic heterocycles. The first kappa shape index (κ1) is 15.5. The lowest BCUT2D eigenvalue weighted by Crippen LogP contribution is -2.31. The second kappa shape index (κ2) is 6.57. The van der Waals surface area contributed by atoms with Crippen LogP contribution in [0.15, 0.2) is 12.1 Å². The maximum atomic E-state index is 11.9. The van der Waals surface area contributed by atoms with Gasteiger partial charge in [0.1, 0.15) is 5.75 Å². The summed E-state index contributed by atoms with van der Waals surface area (Å²) >= 11 is 0. The average Bonchev–Trinajstić information content (AvgIpc) is 2.30. The van der Waals surface area contributed by atoms with Crippen molar-refractivity contribution in [3.63, 3.8) is 0 Å². The van der Waals surface area contributed by atoms with Crippen LogP contribution in [0.2, 0.25) is 0 Å². The van der Waals surface area contributed by atoms with Crippen molar-refractivity contribution < 1.29 is 9.53 Å². The number of hydrogen-bond acceptors (Lipinski definition) is 3. The zero-order valence-corrected chi connectivity index (χ0v) is 12.5. The van der Waals surface area contributed by atoms with Gasteiger partial charge in [0, 0.05) is 31.6 Å². The third kappa shape index (κ3) is 4.24. The molecule has 4 nitrogen and oxygen atoms in total. The van der Waals surface area contributed by atoms with E-state index in [1.165, 1.54) is 0 Å². The Hall–Kier alpha value is -1.55. The van der Waals surface area contributed by atoms with E-state index in [4.69, 9.17) is 10.5 Å². The quantitative estimate of drug-likeness (QED) is 0.885. The van der Waals surface area contributed by atoms with Crippen molar-refractivity contribution in [1.82, 2.24) is 4.90 Å². The summed E-state index contributed by atoms with van der Waals surface area (Å²) in [5.74, 6) is 0.884. The Bertz CT molecular complexity index is 456. The number of rotatable bonds is 5. The van der Waals surface area contributed by atoms with Crippen LogP contribution in [0.5, 0.6) is 5.75 Å². The van der Waals surface area contributed by atoms with Crippen LogP contribution in [0.4, 0.5) is 0 Å². The van der Waals surface area contributed by atoms with Crippen molar-refractivity contribution in [2.24, 2.45) is 5.73 Å². The highest BCUT2D eigenvalue weighted by Gasteiger charge is 2.15.